The van der Waals surface area contributed by atoms with Crippen molar-refractivity contribution in [2.45, 2.75) is 20.4 Å². The Balaban J connectivity index is 2.71. The highest BCUT2D eigenvalue weighted by molar-refractivity contribution is 7.90. The molecule has 0 spiro atoms. The smallest absolute Gasteiger partial charge is 0.149 e. The fraction of sp³-hybridized carbons (Fsp3) is 0.571. The maximum Gasteiger partial charge on any atom is 0.149 e. The number of sulfone groups is 1. The summed E-state index contributed by atoms with van der Waals surface area (Å²) in [6.07, 6.45) is 1.27. The number of rotatable bonds is 7. The predicted octanol–water partition coefficient (Wildman–Crippen LogP) is 1.59. The van der Waals surface area contributed by atoms with Crippen LogP contribution in [0.1, 0.15) is 18.1 Å². The first-order valence-corrected chi connectivity index (χ1v) is 8.58. The third-order valence-electron chi connectivity index (χ3n) is 3.13. The number of hydrogen-bond donors (Lipinski definition) is 1. The maximum atomic E-state index is 11.2. The van der Waals surface area contributed by atoms with Crippen molar-refractivity contribution in [2.24, 2.45) is 0 Å². The van der Waals surface area contributed by atoms with Crippen LogP contribution >= 0.6 is 0 Å². The summed E-state index contributed by atoms with van der Waals surface area (Å²) in [5, 5.41) is 3.31. The molecule has 4 nitrogen and oxygen atoms in total. The monoisotopic (exact) mass is 284 g/mol. The van der Waals surface area contributed by atoms with Gasteiger partial charge in [0.25, 0.3) is 0 Å². The van der Waals surface area contributed by atoms with Gasteiger partial charge in [-0.05, 0) is 36.7 Å². The quantitative estimate of drug-likeness (QED) is 0.826. The third kappa shape index (κ3) is 5.61. The van der Waals surface area contributed by atoms with Crippen molar-refractivity contribution in [3.63, 3.8) is 0 Å². The van der Waals surface area contributed by atoms with Gasteiger partial charge in [-0.15, -0.1) is 0 Å². The Morgan fingerprint density at radius 3 is 2.53 bits per heavy atom. The highest BCUT2D eigenvalue weighted by atomic mass is 32.2. The van der Waals surface area contributed by atoms with Gasteiger partial charge in [0, 0.05) is 32.1 Å². The molecule has 108 valence electrons. The summed E-state index contributed by atoms with van der Waals surface area (Å²) in [6, 6.07) is 6.25. The molecule has 0 atom stereocenters. The molecule has 1 N–H and O–H groups in total. The SMILES string of the molecule is CCNCc1ccc(N(C)CCS(C)(=O)=O)cc1C. The lowest BCUT2D eigenvalue weighted by molar-refractivity contribution is 0.601. The standard InChI is InChI=1S/C14H24N2O2S/c1-5-15-11-13-6-7-14(10-12(13)2)16(3)8-9-19(4,17)18/h6-7,10,15H,5,8-9,11H2,1-4H3. The molecule has 0 amide bonds. The van der Waals surface area contributed by atoms with Crippen molar-refractivity contribution in [3.8, 4) is 0 Å². The molecule has 0 aromatic heterocycles. The van der Waals surface area contributed by atoms with E-state index in [0.717, 1.165) is 18.8 Å². The molecule has 0 saturated heterocycles. The first-order chi connectivity index (χ1) is 8.83. The van der Waals surface area contributed by atoms with E-state index in [1.807, 2.05) is 18.0 Å². The second-order valence-electron chi connectivity index (χ2n) is 4.94. The minimum Gasteiger partial charge on any atom is -0.374 e. The normalized spacial score (nSPS) is 11.6. The van der Waals surface area contributed by atoms with Crippen LogP contribution in [0.5, 0.6) is 0 Å². The van der Waals surface area contributed by atoms with Crippen molar-refractivity contribution >= 4 is 15.5 Å². The molecule has 5 heteroatoms. The lowest BCUT2D eigenvalue weighted by Gasteiger charge is -2.20. The summed E-state index contributed by atoms with van der Waals surface area (Å²) >= 11 is 0. The van der Waals surface area contributed by atoms with Crippen molar-refractivity contribution < 1.29 is 8.42 Å². The fourth-order valence-electron chi connectivity index (χ4n) is 1.81. The van der Waals surface area contributed by atoms with Gasteiger partial charge in [0.15, 0.2) is 0 Å². The van der Waals surface area contributed by atoms with Gasteiger partial charge in [0.2, 0.25) is 0 Å². The Bertz CT molecular complexity index is 512. The molecule has 1 rings (SSSR count). The minimum atomic E-state index is -2.91. The van der Waals surface area contributed by atoms with E-state index in [1.54, 1.807) is 0 Å². The van der Waals surface area contributed by atoms with Gasteiger partial charge in [0.1, 0.15) is 9.84 Å². The van der Waals surface area contributed by atoms with Crippen molar-refractivity contribution in [3.05, 3.63) is 29.3 Å². The van der Waals surface area contributed by atoms with E-state index in [2.05, 4.69) is 31.3 Å². The van der Waals surface area contributed by atoms with Crippen molar-refractivity contribution in [1.82, 2.24) is 5.32 Å². The Morgan fingerprint density at radius 2 is 2.00 bits per heavy atom. The van der Waals surface area contributed by atoms with Gasteiger partial charge in [-0.2, -0.15) is 0 Å². The number of benzene rings is 1. The van der Waals surface area contributed by atoms with E-state index in [4.69, 9.17) is 0 Å². The van der Waals surface area contributed by atoms with Crippen LogP contribution in [0.25, 0.3) is 0 Å². The highest BCUT2D eigenvalue weighted by Gasteiger charge is 2.07. The molecule has 0 heterocycles. The Kier molecular flexibility index (Phi) is 5.82. The van der Waals surface area contributed by atoms with Crippen LogP contribution in [-0.4, -0.2) is 40.6 Å². The molecule has 19 heavy (non-hydrogen) atoms. The maximum absolute atomic E-state index is 11.2. The molecule has 0 fully saturated rings. The average molecular weight is 284 g/mol. The zero-order valence-electron chi connectivity index (χ0n) is 12.2. The molecule has 1 aromatic rings. The van der Waals surface area contributed by atoms with Gasteiger partial charge in [0.05, 0.1) is 5.75 Å². The lowest BCUT2D eigenvalue weighted by atomic mass is 10.1. The molecular weight excluding hydrogens is 260 g/mol. The van der Waals surface area contributed by atoms with Crippen molar-refractivity contribution in [1.29, 1.82) is 0 Å². The fourth-order valence-corrected chi connectivity index (χ4v) is 2.41. The predicted molar refractivity (Wildman–Crippen MR) is 81.5 cm³/mol. The Labute approximate surface area is 116 Å². The number of nitrogens with zero attached hydrogens (tertiary/aromatic N) is 1. The number of nitrogens with one attached hydrogen (secondary N) is 1. The van der Waals surface area contributed by atoms with E-state index < -0.39 is 9.84 Å². The van der Waals surface area contributed by atoms with E-state index in [9.17, 15) is 8.42 Å². The zero-order chi connectivity index (χ0) is 14.5. The summed E-state index contributed by atoms with van der Waals surface area (Å²) in [4.78, 5) is 1.98. The molecule has 0 aliphatic rings. The van der Waals surface area contributed by atoms with Crippen molar-refractivity contribution in [2.75, 3.05) is 37.0 Å². The first-order valence-electron chi connectivity index (χ1n) is 6.52. The van der Waals surface area contributed by atoms with Crippen LogP contribution in [0, 0.1) is 6.92 Å². The van der Waals surface area contributed by atoms with Crippen LogP contribution in [0.4, 0.5) is 5.69 Å². The number of hydrogen-bond acceptors (Lipinski definition) is 4. The van der Waals surface area contributed by atoms with Crippen LogP contribution < -0.4 is 10.2 Å². The lowest BCUT2D eigenvalue weighted by Crippen LogP contribution is -2.25. The van der Waals surface area contributed by atoms with Crippen LogP contribution in [0.3, 0.4) is 0 Å². The van der Waals surface area contributed by atoms with E-state index >= 15 is 0 Å². The Hall–Kier alpha value is -1.07. The number of anilines is 1. The van der Waals surface area contributed by atoms with Gasteiger partial charge < -0.3 is 10.2 Å². The largest absolute Gasteiger partial charge is 0.374 e. The summed E-state index contributed by atoms with van der Waals surface area (Å²) in [5.74, 6) is 0.182. The topological polar surface area (TPSA) is 49.4 Å². The average Bonchev–Trinajstić information content (AvgIpc) is 2.33. The molecule has 0 radical (unpaired) electrons. The van der Waals surface area contributed by atoms with E-state index in [-0.39, 0.29) is 5.75 Å². The molecular formula is C14H24N2O2S. The second-order valence-corrected chi connectivity index (χ2v) is 7.20. The molecule has 0 aliphatic heterocycles. The molecule has 0 unspecified atom stereocenters. The summed E-state index contributed by atoms with van der Waals surface area (Å²) < 4.78 is 22.3. The van der Waals surface area contributed by atoms with Gasteiger partial charge >= 0.3 is 0 Å². The first kappa shape index (κ1) is 16.0. The van der Waals surface area contributed by atoms with Crippen LogP contribution in [0.2, 0.25) is 0 Å². The second kappa shape index (κ2) is 6.91. The minimum absolute atomic E-state index is 0.182. The van der Waals surface area contributed by atoms with Crippen LogP contribution in [-0.2, 0) is 16.4 Å². The number of aryl methyl sites for hydroxylation is 1. The molecule has 0 aliphatic carbocycles. The van der Waals surface area contributed by atoms with Gasteiger partial charge in [-0.1, -0.05) is 13.0 Å². The summed E-state index contributed by atoms with van der Waals surface area (Å²) in [7, 11) is -0.989. The molecule has 1 aromatic carbocycles. The third-order valence-corrected chi connectivity index (χ3v) is 4.05. The van der Waals surface area contributed by atoms with Gasteiger partial charge in [-0.25, -0.2) is 8.42 Å². The molecule has 0 saturated carbocycles. The van der Waals surface area contributed by atoms with E-state index in [1.165, 1.54) is 17.4 Å². The highest BCUT2D eigenvalue weighted by Crippen LogP contribution is 2.18. The Morgan fingerprint density at radius 1 is 1.32 bits per heavy atom. The summed E-state index contributed by atoms with van der Waals surface area (Å²) in [6.45, 7) is 6.51. The summed E-state index contributed by atoms with van der Waals surface area (Å²) in [5.41, 5.74) is 3.56. The van der Waals surface area contributed by atoms with E-state index in [0.29, 0.717) is 6.54 Å². The van der Waals surface area contributed by atoms with Gasteiger partial charge in [-0.3, -0.25) is 0 Å². The zero-order valence-corrected chi connectivity index (χ0v) is 13.0. The van der Waals surface area contributed by atoms with Crippen LogP contribution in [0.15, 0.2) is 18.2 Å². The molecule has 0 bridgehead atoms.